The second kappa shape index (κ2) is 9.28. The number of fused-ring (bicyclic) bond motifs is 1. The van der Waals surface area contributed by atoms with E-state index in [-0.39, 0.29) is 5.91 Å². The Balaban J connectivity index is 1.41. The molecular weight excluding hydrogens is 406 g/mol. The fourth-order valence-corrected chi connectivity index (χ4v) is 5.47. The maximum Gasteiger partial charge on any atom is 0.251 e. The fraction of sp³-hybridized carbons (Fsp3) is 0.476. The minimum absolute atomic E-state index is 0.140. The van der Waals surface area contributed by atoms with Crippen LogP contribution >= 0.6 is 11.3 Å². The number of sulfonamides is 1. The lowest BCUT2D eigenvalue weighted by Crippen LogP contribution is -2.41. The largest absolute Gasteiger partial charge is 0.352 e. The molecule has 1 aromatic carbocycles. The number of unbranched alkanes of at least 4 members (excludes halogenated alkanes) is 1. The monoisotopic (exact) mass is 435 g/mol. The number of benzene rings is 1. The summed E-state index contributed by atoms with van der Waals surface area (Å²) in [5.41, 5.74) is 2.46. The smallest absolute Gasteiger partial charge is 0.251 e. The van der Waals surface area contributed by atoms with Gasteiger partial charge in [0.25, 0.3) is 5.91 Å². The van der Waals surface area contributed by atoms with Gasteiger partial charge in [-0.3, -0.25) is 14.4 Å². The van der Waals surface area contributed by atoms with Gasteiger partial charge in [0, 0.05) is 34.8 Å². The van der Waals surface area contributed by atoms with Crippen molar-refractivity contribution in [3.05, 3.63) is 51.7 Å². The molecule has 1 amide bonds. The lowest BCUT2D eigenvalue weighted by atomic mass is 9.96. The maximum atomic E-state index is 12.3. The van der Waals surface area contributed by atoms with Crippen LogP contribution in [0.4, 0.5) is 5.69 Å². The molecule has 2 aromatic rings. The first kappa shape index (κ1) is 21.8. The van der Waals surface area contributed by atoms with Crippen LogP contribution in [0.15, 0.2) is 35.7 Å². The Morgan fingerprint density at radius 1 is 1.17 bits per heavy atom. The normalized spacial score (nSPS) is 19.6. The Labute approximate surface area is 177 Å². The van der Waals surface area contributed by atoms with Crippen LogP contribution in [-0.2, 0) is 16.4 Å². The summed E-state index contributed by atoms with van der Waals surface area (Å²) in [5, 5.41) is 5.14. The lowest BCUT2D eigenvalue weighted by molar-refractivity contribution is 0.0950. The highest BCUT2D eigenvalue weighted by atomic mass is 32.2. The van der Waals surface area contributed by atoms with Crippen molar-refractivity contribution in [2.45, 2.75) is 45.2 Å². The third-order valence-electron chi connectivity index (χ3n) is 5.32. The first-order chi connectivity index (χ1) is 13.7. The SMILES string of the molecule is C[C@@H]1Cc2ccsc2[C@H](C)N1CCCCNC(=O)c1ccc(NS(C)(=O)=O)cc1. The van der Waals surface area contributed by atoms with Gasteiger partial charge in [-0.15, -0.1) is 11.3 Å². The molecule has 6 nitrogen and oxygen atoms in total. The predicted molar refractivity (Wildman–Crippen MR) is 119 cm³/mol. The van der Waals surface area contributed by atoms with E-state index in [1.807, 2.05) is 11.3 Å². The van der Waals surface area contributed by atoms with Gasteiger partial charge < -0.3 is 5.32 Å². The summed E-state index contributed by atoms with van der Waals surface area (Å²) in [6.45, 7) is 6.24. The van der Waals surface area contributed by atoms with Crippen molar-refractivity contribution in [1.82, 2.24) is 10.2 Å². The van der Waals surface area contributed by atoms with E-state index in [9.17, 15) is 13.2 Å². The van der Waals surface area contributed by atoms with E-state index in [0.717, 1.165) is 32.1 Å². The van der Waals surface area contributed by atoms with Crippen LogP contribution in [0.3, 0.4) is 0 Å². The summed E-state index contributed by atoms with van der Waals surface area (Å²) in [4.78, 5) is 16.3. The van der Waals surface area contributed by atoms with Gasteiger partial charge in [-0.05, 0) is 80.9 Å². The van der Waals surface area contributed by atoms with Crippen molar-refractivity contribution in [1.29, 1.82) is 0 Å². The molecule has 0 aliphatic carbocycles. The summed E-state index contributed by atoms with van der Waals surface area (Å²) in [6.07, 6.45) is 4.17. The zero-order valence-electron chi connectivity index (χ0n) is 17.1. The van der Waals surface area contributed by atoms with Gasteiger partial charge in [0.15, 0.2) is 0 Å². The molecule has 3 rings (SSSR count). The van der Waals surface area contributed by atoms with Gasteiger partial charge in [0.1, 0.15) is 0 Å². The van der Waals surface area contributed by atoms with Crippen LogP contribution < -0.4 is 10.0 Å². The van der Waals surface area contributed by atoms with Crippen molar-refractivity contribution < 1.29 is 13.2 Å². The van der Waals surface area contributed by atoms with E-state index in [4.69, 9.17) is 0 Å². The average Bonchev–Trinajstić information content (AvgIpc) is 3.11. The Morgan fingerprint density at radius 2 is 1.90 bits per heavy atom. The summed E-state index contributed by atoms with van der Waals surface area (Å²) < 4.78 is 24.8. The molecule has 29 heavy (non-hydrogen) atoms. The number of thiophene rings is 1. The Kier molecular flexibility index (Phi) is 6.97. The van der Waals surface area contributed by atoms with E-state index in [1.165, 1.54) is 10.4 Å². The van der Waals surface area contributed by atoms with Gasteiger partial charge in [0.05, 0.1) is 6.26 Å². The third-order valence-corrected chi connectivity index (χ3v) is 7.05. The van der Waals surface area contributed by atoms with Crippen LogP contribution in [-0.4, -0.2) is 44.6 Å². The molecule has 2 atom stereocenters. The Morgan fingerprint density at radius 3 is 2.59 bits per heavy atom. The van der Waals surface area contributed by atoms with Gasteiger partial charge in [-0.2, -0.15) is 0 Å². The molecule has 2 N–H and O–H groups in total. The predicted octanol–water partition coefficient (Wildman–Crippen LogP) is 3.64. The number of anilines is 1. The van der Waals surface area contributed by atoms with Gasteiger partial charge >= 0.3 is 0 Å². The highest BCUT2D eigenvalue weighted by Gasteiger charge is 2.29. The van der Waals surface area contributed by atoms with Crippen molar-refractivity contribution in [2.24, 2.45) is 0 Å². The van der Waals surface area contributed by atoms with Crippen molar-refractivity contribution >= 4 is 33.0 Å². The summed E-state index contributed by atoms with van der Waals surface area (Å²) >= 11 is 1.85. The summed E-state index contributed by atoms with van der Waals surface area (Å²) in [5.74, 6) is -0.140. The lowest BCUT2D eigenvalue weighted by Gasteiger charge is -2.39. The molecule has 1 aliphatic heterocycles. The number of carbonyl (C=O) groups excluding carboxylic acids is 1. The maximum absolute atomic E-state index is 12.3. The van der Waals surface area contributed by atoms with E-state index in [0.29, 0.717) is 29.9 Å². The van der Waals surface area contributed by atoms with Crippen molar-refractivity contribution in [3.63, 3.8) is 0 Å². The van der Waals surface area contributed by atoms with Crippen LogP contribution in [0.2, 0.25) is 0 Å². The van der Waals surface area contributed by atoms with E-state index in [1.54, 1.807) is 24.3 Å². The minimum atomic E-state index is -3.32. The molecule has 0 saturated carbocycles. The van der Waals surface area contributed by atoms with Crippen LogP contribution in [0, 0.1) is 0 Å². The summed E-state index contributed by atoms with van der Waals surface area (Å²) in [7, 11) is -3.32. The van der Waals surface area contributed by atoms with Crippen LogP contribution in [0.5, 0.6) is 0 Å². The number of nitrogens with one attached hydrogen (secondary N) is 2. The molecular formula is C21H29N3O3S2. The summed E-state index contributed by atoms with van der Waals surface area (Å²) in [6, 6.07) is 9.69. The molecule has 2 heterocycles. The topological polar surface area (TPSA) is 78.5 Å². The average molecular weight is 436 g/mol. The zero-order valence-corrected chi connectivity index (χ0v) is 18.8. The van der Waals surface area contributed by atoms with Gasteiger partial charge in [-0.25, -0.2) is 8.42 Å². The number of hydrogen-bond acceptors (Lipinski definition) is 5. The van der Waals surface area contributed by atoms with Gasteiger partial charge in [-0.1, -0.05) is 0 Å². The third kappa shape index (κ3) is 5.81. The molecule has 1 aromatic heterocycles. The number of hydrogen-bond donors (Lipinski definition) is 2. The van der Waals surface area contributed by atoms with E-state index in [2.05, 4.69) is 40.2 Å². The standard InChI is InChI=1S/C21H29N3O3S2/c1-15-14-18-10-13-28-20(18)16(2)24(15)12-5-4-11-22-21(25)17-6-8-19(9-7-17)23-29(3,26)27/h6-10,13,15-16,23H,4-5,11-12,14H2,1-3H3,(H,22,25)/t15-,16+/m1/s1. The Hall–Kier alpha value is -1.90. The van der Waals surface area contributed by atoms with E-state index < -0.39 is 10.0 Å². The second-order valence-electron chi connectivity index (χ2n) is 7.69. The molecule has 158 valence electrons. The second-order valence-corrected chi connectivity index (χ2v) is 10.4. The molecule has 0 spiro atoms. The molecule has 1 aliphatic rings. The first-order valence-corrected chi connectivity index (χ1v) is 12.7. The Bertz CT molecular complexity index is 938. The van der Waals surface area contributed by atoms with E-state index >= 15 is 0 Å². The number of rotatable bonds is 8. The zero-order chi connectivity index (χ0) is 21.0. The molecule has 0 fully saturated rings. The fourth-order valence-electron chi connectivity index (χ4n) is 3.89. The first-order valence-electron chi connectivity index (χ1n) is 9.92. The van der Waals surface area contributed by atoms with Crippen molar-refractivity contribution in [3.8, 4) is 0 Å². The molecule has 8 heteroatoms. The molecule has 0 saturated heterocycles. The molecule has 0 unspecified atom stereocenters. The number of carbonyl (C=O) groups is 1. The minimum Gasteiger partial charge on any atom is -0.352 e. The molecule has 0 bridgehead atoms. The molecule has 0 radical (unpaired) electrons. The van der Waals surface area contributed by atoms with Crippen LogP contribution in [0.1, 0.15) is 53.5 Å². The van der Waals surface area contributed by atoms with Gasteiger partial charge in [0.2, 0.25) is 10.0 Å². The number of nitrogens with zero attached hydrogens (tertiary/aromatic N) is 1. The van der Waals surface area contributed by atoms with Crippen molar-refractivity contribution in [2.75, 3.05) is 24.1 Å². The number of amides is 1. The highest BCUT2D eigenvalue weighted by Crippen LogP contribution is 2.36. The quantitative estimate of drug-likeness (QED) is 0.621. The highest BCUT2D eigenvalue weighted by molar-refractivity contribution is 7.92. The van der Waals surface area contributed by atoms with Crippen LogP contribution in [0.25, 0.3) is 0 Å².